The Balaban J connectivity index is 1.65. The summed E-state index contributed by atoms with van der Waals surface area (Å²) in [6, 6.07) is 16.8. The number of aliphatic imine (C=N–C) groups is 1. The van der Waals surface area contributed by atoms with Crippen molar-refractivity contribution in [3.05, 3.63) is 82.1 Å². The summed E-state index contributed by atoms with van der Waals surface area (Å²) < 4.78 is 19.1. The van der Waals surface area contributed by atoms with Gasteiger partial charge in [-0.2, -0.15) is 0 Å². The second-order valence-electron chi connectivity index (χ2n) is 5.61. The fraction of sp³-hybridized carbons (Fsp3) is 0. The van der Waals surface area contributed by atoms with E-state index in [1.807, 2.05) is 12.1 Å². The average Bonchev–Trinajstić information content (AvgIpc) is 3.06. The van der Waals surface area contributed by atoms with Crippen LogP contribution in [0, 0.1) is 5.82 Å². The molecule has 0 fully saturated rings. The first-order valence-corrected chi connectivity index (χ1v) is 8.50. The highest BCUT2D eigenvalue weighted by atomic mass is 35.5. The summed E-state index contributed by atoms with van der Waals surface area (Å²) in [5, 5.41) is 0.972. The van der Waals surface area contributed by atoms with Crippen LogP contribution in [0.2, 0.25) is 10.0 Å². The molecule has 128 valence electrons. The molecule has 1 aromatic heterocycles. The molecule has 0 aliphatic rings. The third-order valence-electron chi connectivity index (χ3n) is 3.75. The third-order valence-corrected chi connectivity index (χ3v) is 4.49. The molecule has 6 heteroatoms. The Kier molecular flexibility index (Phi) is 4.45. The first-order chi connectivity index (χ1) is 12.6. The maximum absolute atomic E-state index is 13.4. The summed E-state index contributed by atoms with van der Waals surface area (Å²) >= 11 is 11.9. The Morgan fingerprint density at radius 2 is 1.85 bits per heavy atom. The van der Waals surface area contributed by atoms with Crippen molar-refractivity contribution in [1.82, 2.24) is 4.98 Å². The van der Waals surface area contributed by atoms with Gasteiger partial charge < -0.3 is 4.42 Å². The van der Waals surface area contributed by atoms with E-state index in [-0.39, 0.29) is 5.82 Å². The van der Waals surface area contributed by atoms with E-state index >= 15 is 0 Å². The molecule has 0 radical (unpaired) electrons. The molecule has 0 saturated heterocycles. The van der Waals surface area contributed by atoms with Crippen LogP contribution in [0.3, 0.4) is 0 Å². The molecule has 0 N–H and O–H groups in total. The number of oxazole rings is 1. The van der Waals surface area contributed by atoms with Crippen molar-refractivity contribution in [2.45, 2.75) is 0 Å². The van der Waals surface area contributed by atoms with Gasteiger partial charge in [-0.15, -0.1) is 0 Å². The number of hydrogen-bond donors (Lipinski definition) is 0. The van der Waals surface area contributed by atoms with Gasteiger partial charge in [0.25, 0.3) is 0 Å². The van der Waals surface area contributed by atoms with Crippen LogP contribution in [-0.2, 0) is 0 Å². The Bertz CT molecular complexity index is 1140. The second kappa shape index (κ2) is 6.90. The molecule has 0 unspecified atom stereocenters. The normalized spacial score (nSPS) is 11.5. The SMILES string of the molecule is Fc1cccc(-c2nc3cc(N=Cc4ccc(Cl)c(Cl)c4)ccc3o2)c1. The highest BCUT2D eigenvalue weighted by molar-refractivity contribution is 6.42. The Hall–Kier alpha value is -2.69. The van der Waals surface area contributed by atoms with Crippen molar-refractivity contribution in [3.8, 4) is 11.5 Å². The van der Waals surface area contributed by atoms with Crippen LogP contribution in [0.5, 0.6) is 0 Å². The molecule has 0 bridgehead atoms. The monoisotopic (exact) mass is 384 g/mol. The highest BCUT2D eigenvalue weighted by Gasteiger charge is 2.09. The lowest BCUT2D eigenvalue weighted by atomic mass is 10.2. The maximum atomic E-state index is 13.4. The summed E-state index contributed by atoms with van der Waals surface area (Å²) in [5.74, 6) is 0.0294. The summed E-state index contributed by atoms with van der Waals surface area (Å²) in [6.07, 6.45) is 1.69. The van der Waals surface area contributed by atoms with Gasteiger partial charge in [0, 0.05) is 11.8 Å². The van der Waals surface area contributed by atoms with Crippen LogP contribution >= 0.6 is 23.2 Å². The van der Waals surface area contributed by atoms with Gasteiger partial charge in [0.15, 0.2) is 5.58 Å². The predicted molar refractivity (Wildman–Crippen MR) is 103 cm³/mol. The topological polar surface area (TPSA) is 38.4 Å². The van der Waals surface area contributed by atoms with Crippen LogP contribution in [-0.4, -0.2) is 11.2 Å². The van der Waals surface area contributed by atoms with Crippen molar-refractivity contribution in [2.75, 3.05) is 0 Å². The van der Waals surface area contributed by atoms with Crippen molar-refractivity contribution in [3.63, 3.8) is 0 Å². The average molecular weight is 385 g/mol. The highest BCUT2D eigenvalue weighted by Crippen LogP contribution is 2.28. The van der Waals surface area contributed by atoms with Gasteiger partial charge in [-0.05, 0) is 54.1 Å². The number of hydrogen-bond acceptors (Lipinski definition) is 3. The van der Waals surface area contributed by atoms with Gasteiger partial charge in [0.05, 0.1) is 15.7 Å². The van der Waals surface area contributed by atoms with Crippen molar-refractivity contribution in [2.24, 2.45) is 4.99 Å². The van der Waals surface area contributed by atoms with E-state index in [0.717, 1.165) is 5.56 Å². The molecule has 0 spiro atoms. The smallest absolute Gasteiger partial charge is 0.227 e. The number of halogens is 3. The Morgan fingerprint density at radius 3 is 2.65 bits per heavy atom. The molecule has 0 amide bonds. The minimum atomic E-state index is -0.336. The van der Waals surface area contributed by atoms with Gasteiger partial charge in [0.1, 0.15) is 11.3 Å². The van der Waals surface area contributed by atoms with Crippen LogP contribution < -0.4 is 0 Å². The lowest BCUT2D eigenvalue weighted by Crippen LogP contribution is -1.81. The minimum absolute atomic E-state index is 0.336. The molecule has 0 saturated carbocycles. The lowest BCUT2D eigenvalue weighted by Gasteiger charge is -1.97. The predicted octanol–water partition coefficient (Wildman–Crippen LogP) is 6.69. The molecule has 3 nitrogen and oxygen atoms in total. The molecule has 4 rings (SSSR count). The zero-order chi connectivity index (χ0) is 18.1. The number of rotatable bonds is 3. The van der Waals surface area contributed by atoms with Gasteiger partial charge in [-0.3, -0.25) is 4.99 Å². The fourth-order valence-electron chi connectivity index (χ4n) is 2.48. The molecule has 0 atom stereocenters. The first kappa shape index (κ1) is 16.8. The number of fused-ring (bicyclic) bond motifs is 1. The van der Waals surface area contributed by atoms with Crippen LogP contribution in [0.4, 0.5) is 10.1 Å². The molecule has 0 aliphatic carbocycles. The van der Waals surface area contributed by atoms with Gasteiger partial charge >= 0.3 is 0 Å². The number of benzene rings is 3. The van der Waals surface area contributed by atoms with E-state index in [2.05, 4.69) is 9.98 Å². The first-order valence-electron chi connectivity index (χ1n) is 7.74. The van der Waals surface area contributed by atoms with E-state index in [9.17, 15) is 4.39 Å². The van der Waals surface area contributed by atoms with Gasteiger partial charge in [-0.25, -0.2) is 9.37 Å². The second-order valence-corrected chi connectivity index (χ2v) is 6.43. The van der Waals surface area contributed by atoms with Crippen LogP contribution in [0.15, 0.2) is 70.1 Å². The minimum Gasteiger partial charge on any atom is -0.436 e. The zero-order valence-electron chi connectivity index (χ0n) is 13.3. The van der Waals surface area contributed by atoms with Crippen LogP contribution in [0.25, 0.3) is 22.6 Å². The van der Waals surface area contributed by atoms with Crippen molar-refractivity contribution >= 4 is 46.2 Å². The van der Waals surface area contributed by atoms with Gasteiger partial charge in [-0.1, -0.05) is 35.3 Å². The van der Waals surface area contributed by atoms with E-state index in [1.165, 1.54) is 12.1 Å². The summed E-state index contributed by atoms with van der Waals surface area (Å²) in [4.78, 5) is 8.84. The van der Waals surface area contributed by atoms with Crippen molar-refractivity contribution in [1.29, 1.82) is 0 Å². The van der Waals surface area contributed by atoms with E-state index in [4.69, 9.17) is 27.6 Å². The van der Waals surface area contributed by atoms with E-state index in [1.54, 1.807) is 42.6 Å². The number of nitrogens with zero attached hydrogens (tertiary/aromatic N) is 2. The van der Waals surface area contributed by atoms with E-state index in [0.29, 0.717) is 38.3 Å². The summed E-state index contributed by atoms with van der Waals surface area (Å²) in [6.45, 7) is 0. The molecular formula is C20H11Cl2FN2O. The van der Waals surface area contributed by atoms with Crippen molar-refractivity contribution < 1.29 is 8.81 Å². The quantitative estimate of drug-likeness (QED) is 0.369. The lowest BCUT2D eigenvalue weighted by molar-refractivity contribution is 0.611. The van der Waals surface area contributed by atoms with Gasteiger partial charge in [0.2, 0.25) is 5.89 Å². The molecule has 26 heavy (non-hydrogen) atoms. The number of aromatic nitrogens is 1. The third kappa shape index (κ3) is 3.47. The fourth-order valence-corrected chi connectivity index (χ4v) is 2.79. The molecule has 3 aromatic carbocycles. The Labute approximate surface area is 158 Å². The summed E-state index contributed by atoms with van der Waals surface area (Å²) in [7, 11) is 0. The molecule has 1 heterocycles. The summed E-state index contributed by atoms with van der Waals surface area (Å²) in [5.41, 5.74) is 3.38. The Morgan fingerprint density at radius 1 is 0.962 bits per heavy atom. The van der Waals surface area contributed by atoms with Crippen LogP contribution in [0.1, 0.15) is 5.56 Å². The molecule has 0 aliphatic heterocycles. The molecule has 4 aromatic rings. The largest absolute Gasteiger partial charge is 0.436 e. The maximum Gasteiger partial charge on any atom is 0.227 e. The standard InChI is InChI=1S/C20H11Cl2FN2O/c21-16-6-4-12(8-17(16)22)11-24-15-5-7-19-18(10-15)25-20(26-19)13-2-1-3-14(23)9-13/h1-11H. The zero-order valence-corrected chi connectivity index (χ0v) is 14.8. The molecular weight excluding hydrogens is 374 g/mol. The van der Waals surface area contributed by atoms with E-state index < -0.39 is 0 Å².